The van der Waals surface area contributed by atoms with Gasteiger partial charge in [-0.25, -0.2) is 19.2 Å². The molecule has 1 aliphatic heterocycles. The van der Waals surface area contributed by atoms with E-state index >= 15 is 0 Å². The van der Waals surface area contributed by atoms with Gasteiger partial charge >= 0.3 is 23.6 Å². The zero-order valence-corrected chi connectivity index (χ0v) is 29.9. The molecule has 0 spiro atoms. The lowest BCUT2D eigenvalue weighted by molar-refractivity contribution is -0.0659. The van der Waals surface area contributed by atoms with Crippen LogP contribution in [0.4, 0.5) is 0 Å². The van der Waals surface area contributed by atoms with Crippen molar-refractivity contribution in [3.8, 4) is 5.75 Å². The third kappa shape index (κ3) is 8.29. The number of aromatic nitrogens is 2. The molecule has 1 saturated heterocycles. The van der Waals surface area contributed by atoms with Gasteiger partial charge in [0.15, 0.2) is 18.4 Å². The van der Waals surface area contributed by atoms with Crippen LogP contribution >= 0.6 is 39.1 Å². The summed E-state index contributed by atoms with van der Waals surface area (Å²) in [6.45, 7) is -0.926. The number of halogens is 3. The number of benzene rings is 4. The van der Waals surface area contributed by atoms with Crippen LogP contribution in [0.15, 0.2) is 123 Å². The molecule has 15 heteroatoms. The lowest BCUT2D eigenvalue weighted by atomic mass is 10.1. The first kappa shape index (κ1) is 36.6. The van der Waals surface area contributed by atoms with Gasteiger partial charge in [0.25, 0.3) is 5.56 Å². The highest BCUT2D eigenvalue weighted by Gasteiger charge is 2.52. The van der Waals surface area contributed by atoms with Gasteiger partial charge < -0.3 is 23.7 Å². The minimum absolute atomic E-state index is 0.0550. The Balaban J connectivity index is 1.43. The average Bonchev–Trinajstić information content (AvgIpc) is 3.48. The fourth-order valence-corrected chi connectivity index (χ4v) is 6.24. The molecule has 0 amide bonds. The third-order valence-electron chi connectivity index (χ3n) is 7.87. The van der Waals surface area contributed by atoms with Crippen LogP contribution in [0.1, 0.15) is 43.0 Å². The Bertz CT molecular complexity index is 2200. The van der Waals surface area contributed by atoms with Gasteiger partial charge in [0.1, 0.15) is 29.5 Å². The summed E-state index contributed by atoms with van der Waals surface area (Å²) < 4.78 is 30.6. The largest absolute Gasteiger partial charge is 0.486 e. The number of H-pyrrole nitrogens is 1. The molecule has 266 valence electrons. The minimum atomic E-state index is -1.57. The number of nitrogens with zero attached hydrogens (tertiary/aromatic N) is 1. The van der Waals surface area contributed by atoms with Crippen molar-refractivity contribution in [3.63, 3.8) is 0 Å². The van der Waals surface area contributed by atoms with Gasteiger partial charge in [-0.05, 0) is 70.5 Å². The van der Waals surface area contributed by atoms with E-state index < -0.39 is 66.9 Å². The van der Waals surface area contributed by atoms with Crippen molar-refractivity contribution in [1.82, 2.24) is 9.55 Å². The molecule has 12 nitrogen and oxygen atoms in total. The van der Waals surface area contributed by atoms with Gasteiger partial charge in [-0.1, -0.05) is 77.8 Å². The first-order valence-electron chi connectivity index (χ1n) is 15.6. The molecule has 52 heavy (non-hydrogen) atoms. The highest BCUT2D eigenvalue weighted by molar-refractivity contribution is 9.10. The number of aromatic amines is 1. The van der Waals surface area contributed by atoms with Crippen LogP contribution in [0.3, 0.4) is 0 Å². The summed E-state index contributed by atoms with van der Waals surface area (Å²) in [4.78, 5) is 68.9. The van der Waals surface area contributed by atoms with E-state index in [1.807, 2.05) is 0 Å². The molecule has 4 atom stereocenters. The molecule has 0 unspecified atom stereocenters. The van der Waals surface area contributed by atoms with Crippen molar-refractivity contribution >= 4 is 57.0 Å². The van der Waals surface area contributed by atoms with E-state index in [2.05, 4.69) is 20.9 Å². The molecule has 1 N–H and O–H groups in total. The van der Waals surface area contributed by atoms with Gasteiger partial charge in [0.2, 0.25) is 0 Å². The quantitative estimate of drug-likeness (QED) is 0.117. The molecule has 1 aliphatic rings. The van der Waals surface area contributed by atoms with E-state index in [4.69, 9.17) is 46.9 Å². The normalized spacial score (nSPS) is 18.0. The molecule has 0 bridgehead atoms. The first-order valence-corrected chi connectivity index (χ1v) is 17.2. The van der Waals surface area contributed by atoms with Crippen LogP contribution in [0.5, 0.6) is 5.75 Å². The Morgan fingerprint density at radius 2 is 1.29 bits per heavy atom. The summed E-state index contributed by atoms with van der Waals surface area (Å²) in [6.07, 6.45) is -5.86. The molecular weight excluding hydrogens is 783 g/mol. The molecule has 4 aromatic carbocycles. The molecule has 0 aliphatic carbocycles. The van der Waals surface area contributed by atoms with Crippen LogP contribution in [-0.2, 0) is 25.6 Å². The summed E-state index contributed by atoms with van der Waals surface area (Å²) in [5, 5.41) is 0.506. The van der Waals surface area contributed by atoms with Crippen LogP contribution in [0.2, 0.25) is 10.0 Å². The van der Waals surface area contributed by atoms with E-state index in [1.165, 1.54) is 42.5 Å². The lowest BCUT2D eigenvalue weighted by Gasteiger charge is -2.26. The second-order valence-corrected chi connectivity index (χ2v) is 12.9. The number of hydrogen-bond acceptors (Lipinski definition) is 10. The van der Waals surface area contributed by atoms with Crippen LogP contribution in [-0.4, -0.2) is 52.4 Å². The molecule has 1 aromatic heterocycles. The zero-order valence-electron chi connectivity index (χ0n) is 26.8. The Kier molecular flexibility index (Phi) is 11.6. The highest BCUT2D eigenvalue weighted by atomic mass is 79.9. The van der Waals surface area contributed by atoms with E-state index in [-0.39, 0.29) is 37.6 Å². The molecular formula is C37H27BrCl2N2O10. The van der Waals surface area contributed by atoms with Crippen molar-refractivity contribution in [3.05, 3.63) is 167 Å². The summed E-state index contributed by atoms with van der Waals surface area (Å²) in [5.74, 6) is -2.19. The van der Waals surface area contributed by atoms with Crippen LogP contribution < -0.4 is 16.0 Å². The third-order valence-corrected chi connectivity index (χ3v) is 9.22. The number of nitrogens with one attached hydrogen (secondary N) is 1. The lowest BCUT2D eigenvalue weighted by Crippen LogP contribution is -2.44. The first-order chi connectivity index (χ1) is 25.1. The van der Waals surface area contributed by atoms with Crippen molar-refractivity contribution in [2.24, 2.45) is 0 Å². The van der Waals surface area contributed by atoms with Gasteiger partial charge in [0, 0.05) is 5.02 Å². The summed E-state index contributed by atoms with van der Waals surface area (Å²) in [6, 6.07) is 28.6. The number of carbonyl (C=O) groups is 3. The maximum absolute atomic E-state index is 13.7. The number of ether oxygens (including phenoxy) is 5. The second-order valence-electron chi connectivity index (χ2n) is 11.3. The van der Waals surface area contributed by atoms with Crippen molar-refractivity contribution in [2.45, 2.75) is 31.1 Å². The maximum atomic E-state index is 13.7. The number of rotatable bonds is 11. The minimum Gasteiger partial charge on any atom is -0.486 e. The molecule has 0 saturated carbocycles. The Hall–Kier alpha value is -5.21. The SMILES string of the molecule is O=C(OC[C@H]1O[C@@H](n2c(COc3ccc(Cl)cc3Cl)c(Br)c(=O)[nH]c2=O)[C@H](OC(=O)c2ccccc2)[C@@H]1OC(=O)c1ccccc1)c1ccccc1. The van der Waals surface area contributed by atoms with E-state index in [9.17, 15) is 24.0 Å². The number of carbonyl (C=O) groups excluding carboxylic acids is 3. The van der Waals surface area contributed by atoms with E-state index in [0.29, 0.717) is 5.02 Å². The molecule has 5 aromatic rings. The van der Waals surface area contributed by atoms with Gasteiger partial charge in [-0.2, -0.15) is 0 Å². The Morgan fingerprint density at radius 1 is 0.750 bits per heavy atom. The fraction of sp³-hybridized carbons (Fsp3) is 0.162. The summed E-state index contributed by atoms with van der Waals surface area (Å²) in [7, 11) is 0. The zero-order chi connectivity index (χ0) is 36.8. The Labute approximate surface area is 313 Å². The van der Waals surface area contributed by atoms with Crippen molar-refractivity contribution in [2.75, 3.05) is 6.61 Å². The molecule has 2 heterocycles. The monoisotopic (exact) mass is 808 g/mol. The fourth-order valence-electron chi connectivity index (χ4n) is 5.38. The molecule has 6 rings (SSSR count). The second kappa shape index (κ2) is 16.4. The summed E-state index contributed by atoms with van der Waals surface area (Å²) >= 11 is 15.6. The predicted molar refractivity (Wildman–Crippen MR) is 192 cm³/mol. The van der Waals surface area contributed by atoms with Crippen molar-refractivity contribution in [1.29, 1.82) is 0 Å². The van der Waals surface area contributed by atoms with Crippen LogP contribution in [0.25, 0.3) is 0 Å². The highest BCUT2D eigenvalue weighted by Crippen LogP contribution is 2.37. The van der Waals surface area contributed by atoms with Crippen molar-refractivity contribution < 1.29 is 38.1 Å². The smallest absolute Gasteiger partial charge is 0.338 e. The van der Waals surface area contributed by atoms with E-state index in [0.717, 1.165) is 4.57 Å². The number of hydrogen-bond donors (Lipinski definition) is 1. The maximum Gasteiger partial charge on any atom is 0.338 e. The molecule has 1 fully saturated rings. The average molecular weight is 810 g/mol. The van der Waals surface area contributed by atoms with Crippen LogP contribution in [0, 0.1) is 0 Å². The van der Waals surface area contributed by atoms with E-state index in [1.54, 1.807) is 66.7 Å². The predicted octanol–water partition coefficient (Wildman–Crippen LogP) is 6.39. The Morgan fingerprint density at radius 3 is 1.85 bits per heavy atom. The number of esters is 3. The summed E-state index contributed by atoms with van der Waals surface area (Å²) in [5.41, 5.74) is -1.28. The van der Waals surface area contributed by atoms with Gasteiger partial charge in [-0.15, -0.1) is 0 Å². The standard InChI is InChI=1S/C37H27BrCl2N2O10/c38-29-26(19-48-27-17-16-24(39)18-25(27)40)42(37(47)41-32(29)43)33-31(52-36(46)23-14-8-3-9-15-23)30(51-35(45)22-12-6-2-7-13-22)28(50-33)20-49-34(44)21-10-4-1-5-11-21/h1-18,28,30-31,33H,19-20H2,(H,41,43,47)/t28-,30-,31-,33-/m1/s1. The van der Waals surface area contributed by atoms with Gasteiger partial charge in [0.05, 0.1) is 27.4 Å². The molecule has 0 radical (unpaired) electrons. The van der Waals surface area contributed by atoms with Gasteiger partial charge in [-0.3, -0.25) is 14.3 Å². The topological polar surface area (TPSA) is 152 Å².